The highest BCUT2D eigenvalue weighted by atomic mass is 16.6. The summed E-state index contributed by atoms with van der Waals surface area (Å²) in [6.07, 6.45) is 2.10. The normalized spacial score (nSPS) is 11.8. The van der Waals surface area contributed by atoms with Gasteiger partial charge in [-0.1, -0.05) is 13.0 Å². The molecule has 0 aliphatic carbocycles. The van der Waals surface area contributed by atoms with Crippen molar-refractivity contribution >= 4 is 17.6 Å². The Labute approximate surface area is 143 Å². The summed E-state index contributed by atoms with van der Waals surface area (Å²) in [5, 5.41) is 24.0. The van der Waals surface area contributed by atoms with E-state index in [1.54, 1.807) is 13.0 Å². The van der Waals surface area contributed by atoms with E-state index in [9.17, 15) is 19.7 Å². The first kappa shape index (κ1) is 18.1. The van der Waals surface area contributed by atoms with Gasteiger partial charge in [0, 0.05) is 24.4 Å². The molecule has 1 heterocycles. The van der Waals surface area contributed by atoms with Gasteiger partial charge in [0.15, 0.2) is 5.69 Å². The number of carbonyl (C=O) groups excluding carboxylic acids is 1. The summed E-state index contributed by atoms with van der Waals surface area (Å²) in [6.45, 7) is 3.20. The van der Waals surface area contributed by atoms with E-state index in [0.717, 1.165) is 0 Å². The van der Waals surface area contributed by atoms with Crippen molar-refractivity contribution in [3.63, 3.8) is 0 Å². The smallest absolute Gasteiger partial charge is 0.323 e. The maximum absolute atomic E-state index is 12.6. The zero-order valence-corrected chi connectivity index (χ0v) is 13.8. The van der Waals surface area contributed by atoms with Crippen LogP contribution < -0.4 is 0 Å². The number of aromatic nitrogens is 2. The molecule has 1 N–H and O–H groups in total. The van der Waals surface area contributed by atoms with Crippen molar-refractivity contribution in [1.29, 1.82) is 0 Å². The zero-order valence-electron chi connectivity index (χ0n) is 13.8. The molecule has 9 nitrogen and oxygen atoms in total. The lowest BCUT2D eigenvalue weighted by atomic mass is 10.2. The molecule has 0 saturated carbocycles. The molecule has 0 spiro atoms. The fourth-order valence-electron chi connectivity index (χ4n) is 2.27. The molecule has 25 heavy (non-hydrogen) atoms. The topological polar surface area (TPSA) is 119 Å². The summed E-state index contributed by atoms with van der Waals surface area (Å²) in [6, 6.07) is 7.04. The summed E-state index contributed by atoms with van der Waals surface area (Å²) in [7, 11) is 0. The number of hydrogen-bond acceptors (Lipinski definition) is 5. The Morgan fingerprint density at radius 1 is 1.40 bits per heavy atom. The number of benzene rings is 1. The van der Waals surface area contributed by atoms with E-state index in [2.05, 4.69) is 5.10 Å². The molecule has 2 rings (SSSR count). The second kappa shape index (κ2) is 7.56. The van der Waals surface area contributed by atoms with Gasteiger partial charge in [0.25, 0.3) is 11.6 Å². The van der Waals surface area contributed by atoms with Crippen LogP contribution in [0.1, 0.15) is 30.8 Å². The Hall–Kier alpha value is -3.23. The molecule has 0 radical (unpaired) electrons. The van der Waals surface area contributed by atoms with Crippen LogP contribution in [0, 0.1) is 10.1 Å². The number of hydrogen-bond donors (Lipinski definition) is 1. The number of carboxylic acid groups (broad SMARTS) is 1. The second-order valence-electron chi connectivity index (χ2n) is 5.51. The molecular weight excluding hydrogens is 328 g/mol. The Balaban J connectivity index is 2.30. The highest BCUT2D eigenvalue weighted by molar-refractivity contribution is 5.94. The Kier molecular flexibility index (Phi) is 5.48. The summed E-state index contributed by atoms with van der Waals surface area (Å²) < 4.78 is 1.34. The van der Waals surface area contributed by atoms with Gasteiger partial charge in [-0.15, -0.1) is 0 Å². The molecule has 9 heteroatoms. The van der Waals surface area contributed by atoms with Crippen LogP contribution in [-0.2, 0) is 4.79 Å². The Morgan fingerprint density at radius 3 is 2.72 bits per heavy atom. The molecule has 1 aromatic carbocycles. The van der Waals surface area contributed by atoms with Gasteiger partial charge in [-0.25, -0.2) is 4.68 Å². The largest absolute Gasteiger partial charge is 0.480 e. The molecule has 132 valence electrons. The summed E-state index contributed by atoms with van der Waals surface area (Å²) >= 11 is 0. The van der Waals surface area contributed by atoms with Gasteiger partial charge >= 0.3 is 5.97 Å². The fraction of sp³-hybridized carbons (Fsp3) is 0.312. The van der Waals surface area contributed by atoms with Crippen LogP contribution in [0.5, 0.6) is 0 Å². The van der Waals surface area contributed by atoms with Crippen LogP contribution in [0.3, 0.4) is 0 Å². The predicted molar refractivity (Wildman–Crippen MR) is 88.6 cm³/mol. The van der Waals surface area contributed by atoms with Crippen LogP contribution >= 0.6 is 0 Å². The molecule has 2 aromatic rings. The van der Waals surface area contributed by atoms with Gasteiger partial charge in [0.05, 0.1) is 10.6 Å². The summed E-state index contributed by atoms with van der Waals surface area (Å²) in [4.78, 5) is 35.2. The third-order valence-corrected chi connectivity index (χ3v) is 3.80. The standard InChI is InChI=1S/C16H18N4O5/c1-3-11(2)18(10-15(21)22)16(23)14-7-8-19(17-14)12-5-4-6-13(9-12)20(24)25/h4-9,11H,3,10H2,1-2H3,(H,21,22). The molecule has 0 aliphatic heterocycles. The van der Waals surface area contributed by atoms with Gasteiger partial charge in [-0.05, 0) is 25.5 Å². The average Bonchev–Trinajstić information content (AvgIpc) is 3.08. The van der Waals surface area contributed by atoms with Crippen LogP contribution in [0.15, 0.2) is 36.5 Å². The number of nitro benzene ring substituents is 1. The highest BCUT2D eigenvalue weighted by Crippen LogP contribution is 2.17. The molecular formula is C16H18N4O5. The lowest BCUT2D eigenvalue weighted by Crippen LogP contribution is -2.42. The molecule has 1 aromatic heterocycles. The van der Waals surface area contributed by atoms with Crippen molar-refractivity contribution in [3.8, 4) is 5.69 Å². The quantitative estimate of drug-likeness (QED) is 0.606. The van der Waals surface area contributed by atoms with Crippen LogP contribution in [0.4, 0.5) is 5.69 Å². The van der Waals surface area contributed by atoms with Gasteiger partial charge in [-0.3, -0.25) is 19.7 Å². The molecule has 0 saturated heterocycles. The van der Waals surface area contributed by atoms with Crippen LogP contribution in [-0.4, -0.2) is 49.2 Å². The number of rotatable bonds is 7. The molecule has 1 amide bonds. The van der Waals surface area contributed by atoms with Crippen molar-refractivity contribution in [2.45, 2.75) is 26.3 Å². The average molecular weight is 346 g/mol. The van der Waals surface area contributed by atoms with Crippen molar-refractivity contribution in [2.24, 2.45) is 0 Å². The minimum atomic E-state index is -1.10. The van der Waals surface area contributed by atoms with Crippen LogP contribution in [0.2, 0.25) is 0 Å². The minimum Gasteiger partial charge on any atom is -0.480 e. The monoisotopic (exact) mass is 346 g/mol. The van der Waals surface area contributed by atoms with Crippen molar-refractivity contribution in [2.75, 3.05) is 6.54 Å². The van der Waals surface area contributed by atoms with E-state index in [1.807, 2.05) is 6.92 Å². The van der Waals surface area contributed by atoms with Gasteiger partial charge in [0.1, 0.15) is 6.54 Å². The van der Waals surface area contributed by atoms with Crippen LogP contribution in [0.25, 0.3) is 5.69 Å². The molecule has 1 unspecified atom stereocenters. The number of nitrogens with zero attached hydrogens (tertiary/aromatic N) is 4. The van der Waals surface area contributed by atoms with Gasteiger partial charge in [-0.2, -0.15) is 5.10 Å². The SMILES string of the molecule is CCC(C)N(CC(=O)O)C(=O)c1ccn(-c2cccc([N+](=O)[O-])c2)n1. The number of amides is 1. The summed E-state index contributed by atoms with van der Waals surface area (Å²) in [5.74, 6) is -1.60. The summed E-state index contributed by atoms with van der Waals surface area (Å²) in [5.41, 5.74) is 0.419. The number of carbonyl (C=O) groups is 2. The number of aliphatic carboxylic acids is 1. The maximum Gasteiger partial charge on any atom is 0.323 e. The van der Waals surface area contributed by atoms with E-state index in [4.69, 9.17) is 5.11 Å². The first-order chi connectivity index (χ1) is 11.8. The lowest BCUT2D eigenvalue weighted by molar-refractivity contribution is -0.384. The van der Waals surface area contributed by atoms with Gasteiger partial charge < -0.3 is 10.0 Å². The Bertz CT molecular complexity index is 801. The highest BCUT2D eigenvalue weighted by Gasteiger charge is 2.24. The molecule has 1 atom stereocenters. The zero-order chi connectivity index (χ0) is 18.6. The Morgan fingerprint density at radius 2 is 2.12 bits per heavy atom. The maximum atomic E-state index is 12.6. The number of carboxylic acids is 1. The van der Waals surface area contributed by atoms with E-state index in [-0.39, 0.29) is 17.4 Å². The third kappa shape index (κ3) is 4.19. The van der Waals surface area contributed by atoms with Crippen molar-refractivity contribution in [1.82, 2.24) is 14.7 Å². The first-order valence-corrected chi connectivity index (χ1v) is 7.66. The van der Waals surface area contributed by atoms with E-state index < -0.39 is 23.3 Å². The third-order valence-electron chi connectivity index (χ3n) is 3.80. The predicted octanol–water partition coefficient (Wildman–Crippen LogP) is 2.11. The van der Waals surface area contributed by atoms with Crippen molar-refractivity contribution < 1.29 is 19.6 Å². The molecule has 0 aliphatic rings. The second-order valence-corrected chi connectivity index (χ2v) is 5.51. The first-order valence-electron chi connectivity index (χ1n) is 7.66. The number of non-ortho nitro benzene ring substituents is 1. The van der Waals surface area contributed by atoms with E-state index in [0.29, 0.717) is 12.1 Å². The minimum absolute atomic E-state index is 0.0769. The van der Waals surface area contributed by atoms with E-state index >= 15 is 0 Å². The van der Waals surface area contributed by atoms with Crippen molar-refractivity contribution in [3.05, 3.63) is 52.3 Å². The lowest BCUT2D eigenvalue weighted by Gasteiger charge is -2.26. The van der Waals surface area contributed by atoms with Gasteiger partial charge in [0.2, 0.25) is 0 Å². The number of nitro groups is 1. The molecule has 0 fully saturated rings. The fourth-order valence-corrected chi connectivity index (χ4v) is 2.27. The van der Waals surface area contributed by atoms with E-state index in [1.165, 1.54) is 40.0 Å². The molecule has 0 bridgehead atoms.